The van der Waals surface area contributed by atoms with Crippen molar-refractivity contribution >= 4 is 21.6 Å². The Morgan fingerprint density at radius 1 is 1.12 bits per heavy atom. The highest BCUT2D eigenvalue weighted by Gasteiger charge is 2.24. The summed E-state index contributed by atoms with van der Waals surface area (Å²) in [5.41, 5.74) is 4.16. The van der Waals surface area contributed by atoms with Crippen LogP contribution in [0.25, 0.3) is 0 Å². The van der Waals surface area contributed by atoms with Gasteiger partial charge in [-0.05, 0) is 49.6 Å². The highest BCUT2D eigenvalue weighted by atomic mass is 32.2. The van der Waals surface area contributed by atoms with Crippen LogP contribution in [-0.2, 0) is 21.4 Å². The lowest BCUT2D eigenvalue weighted by atomic mass is 10.1. The number of anilines is 1. The van der Waals surface area contributed by atoms with Crippen LogP contribution >= 0.6 is 0 Å². The standard InChI is InChI=1S/C18H23N3O3S/c1-13-9-14(2)18(15(3)10-13)21(25(4,23)24)12-17(22)20-11-16-5-7-19-8-6-16/h5-10H,11-12H2,1-4H3,(H,20,22). The molecule has 0 saturated heterocycles. The van der Waals surface area contributed by atoms with Gasteiger partial charge in [-0.1, -0.05) is 17.7 Å². The van der Waals surface area contributed by atoms with E-state index >= 15 is 0 Å². The fraction of sp³-hybridized carbons (Fsp3) is 0.333. The average Bonchev–Trinajstić information content (AvgIpc) is 2.51. The van der Waals surface area contributed by atoms with Crippen molar-refractivity contribution in [3.63, 3.8) is 0 Å². The molecule has 2 aromatic rings. The van der Waals surface area contributed by atoms with Crippen molar-refractivity contribution in [1.29, 1.82) is 0 Å². The van der Waals surface area contributed by atoms with E-state index in [9.17, 15) is 13.2 Å². The minimum atomic E-state index is -3.59. The fourth-order valence-corrected chi connectivity index (χ4v) is 3.79. The topological polar surface area (TPSA) is 79.4 Å². The monoisotopic (exact) mass is 361 g/mol. The molecule has 7 heteroatoms. The first-order valence-electron chi connectivity index (χ1n) is 7.89. The van der Waals surface area contributed by atoms with E-state index in [1.165, 1.54) is 4.31 Å². The number of nitrogens with zero attached hydrogens (tertiary/aromatic N) is 2. The van der Waals surface area contributed by atoms with Crippen LogP contribution in [0.1, 0.15) is 22.3 Å². The van der Waals surface area contributed by atoms with E-state index in [1.807, 2.05) is 32.9 Å². The van der Waals surface area contributed by atoms with Crippen molar-refractivity contribution < 1.29 is 13.2 Å². The van der Waals surface area contributed by atoms with Crippen molar-refractivity contribution in [2.75, 3.05) is 17.1 Å². The number of nitrogens with one attached hydrogen (secondary N) is 1. The van der Waals surface area contributed by atoms with E-state index in [4.69, 9.17) is 0 Å². The van der Waals surface area contributed by atoms with Gasteiger partial charge in [0.25, 0.3) is 0 Å². The second kappa shape index (κ2) is 7.65. The number of hydrogen-bond donors (Lipinski definition) is 1. The van der Waals surface area contributed by atoms with Gasteiger partial charge in [-0.2, -0.15) is 0 Å². The van der Waals surface area contributed by atoms with Crippen LogP contribution in [0.5, 0.6) is 0 Å². The van der Waals surface area contributed by atoms with Gasteiger partial charge in [0.2, 0.25) is 15.9 Å². The Hall–Kier alpha value is -2.41. The molecule has 0 radical (unpaired) electrons. The van der Waals surface area contributed by atoms with Crippen molar-refractivity contribution in [1.82, 2.24) is 10.3 Å². The summed E-state index contributed by atoms with van der Waals surface area (Å²) in [4.78, 5) is 16.2. The van der Waals surface area contributed by atoms with E-state index in [-0.39, 0.29) is 12.5 Å². The number of carbonyl (C=O) groups is 1. The minimum Gasteiger partial charge on any atom is -0.350 e. The SMILES string of the molecule is Cc1cc(C)c(N(CC(=O)NCc2ccncc2)S(C)(=O)=O)c(C)c1. The lowest BCUT2D eigenvalue weighted by Crippen LogP contribution is -2.40. The molecule has 1 N–H and O–H groups in total. The molecule has 1 amide bonds. The number of pyridine rings is 1. The second-order valence-corrected chi connectivity index (χ2v) is 8.06. The largest absolute Gasteiger partial charge is 0.350 e. The normalized spacial score (nSPS) is 11.2. The van der Waals surface area contributed by atoms with Crippen LogP contribution in [0.2, 0.25) is 0 Å². The van der Waals surface area contributed by atoms with Gasteiger partial charge in [0.1, 0.15) is 6.54 Å². The molecule has 0 aliphatic rings. The van der Waals surface area contributed by atoms with Gasteiger partial charge in [0.15, 0.2) is 0 Å². The number of amides is 1. The number of hydrogen-bond acceptors (Lipinski definition) is 4. The van der Waals surface area contributed by atoms with Gasteiger partial charge in [-0.15, -0.1) is 0 Å². The number of benzene rings is 1. The van der Waals surface area contributed by atoms with Crippen LogP contribution in [0, 0.1) is 20.8 Å². The van der Waals surface area contributed by atoms with E-state index in [2.05, 4.69) is 10.3 Å². The molecule has 6 nitrogen and oxygen atoms in total. The van der Waals surface area contributed by atoms with E-state index < -0.39 is 10.0 Å². The van der Waals surface area contributed by atoms with Gasteiger partial charge in [-0.25, -0.2) is 8.42 Å². The third kappa shape index (κ3) is 5.03. The summed E-state index contributed by atoms with van der Waals surface area (Å²) < 4.78 is 25.7. The van der Waals surface area contributed by atoms with E-state index in [0.717, 1.165) is 28.5 Å². The maximum atomic E-state index is 12.3. The molecule has 1 aromatic carbocycles. The van der Waals surface area contributed by atoms with E-state index in [0.29, 0.717) is 12.2 Å². The molecule has 0 atom stereocenters. The van der Waals surface area contributed by atoms with Gasteiger partial charge in [0, 0.05) is 18.9 Å². The molecule has 0 aliphatic heterocycles. The number of aromatic nitrogens is 1. The Morgan fingerprint density at radius 3 is 2.20 bits per heavy atom. The fourth-order valence-electron chi connectivity index (χ4n) is 2.82. The molecule has 0 bridgehead atoms. The van der Waals surface area contributed by atoms with Crippen LogP contribution < -0.4 is 9.62 Å². The lowest BCUT2D eigenvalue weighted by molar-refractivity contribution is -0.119. The quantitative estimate of drug-likeness (QED) is 0.854. The van der Waals surface area contributed by atoms with Crippen LogP contribution in [0.4, 0.5) is 5.69 Å². The summed E-state index contributed by atoms with van der Waals surface area (Å²) in [6, 6.07) is 7.41. The molecular weight excluding hydrogens is 338 g/mol. The molecular formula is C18H23N3O3S. The maximum absolute atomic E-state index is 12.3. The second-order valence-electron chi connectivity index (χ2n) is 6.15. The molecule has 25 heavy (non-hydrogen) atoms. The molecule has 1 heterocycles. The third-order valence-corrected chi connectivity index (χ3v) is 4.92. The molecule has 1 aromatic heterocycles. The van der Waals surface area contributed by atoms with Crippen molar-refractivity contribution in [3.8, 4) is 0 Å². The van der Waals surface area contributed by atoms with Gasteiger partial charge >= 0.3 is 0 Å². The minimum absolute atomic E-state index is 0.255. The Bertz CT molecular complexity index is 841. The smallest absolute Gasteiger partial charge is 0.241 e. The molecule has 0 saturated carbocycles. The molecule has 0 aliphatic carbocycles. The summed E-state index contributed by atoms with van der Waals surface area (Å²) in [5, 5.41) is 2.75. The molecule has 0 unspecified atom stereocenters. The van der Waals surface area contributed by atoms with Crippen molar-refractivity contribution in [3.05, 3.63) is 58.9 Å². The van der Waals surface area contributed by atoms with Gasteiger partial charge in [-0.3, -0.25) is 14.1 Å². The van der Waals surface area contributed by atoms with E-state index in [1.54, 1.807) is 24.5 Å². The summed E-state index contributed by atoms with van der Waals surface area (Å²) in [6.45, 7) is 5.72. The van der Waals surface area contributed by atoms with Crippen LogP contribution in [0.3, 0.4) is 0 Å². The lowest BCUT2D eigenvalue weighted by Gasteiger charge is -2.26. The zero-order valence-electron chi connectivity index (χ0n) is 14.9. The zero-order valence-corrected chi connectivity index (χ0v) is 15.7. The highest BCUT2D eigenvalue weighted by Crippen LogP contribution is 2.28. The maximum Gasteiger partial charge on any atom is 0.241 e. The Morgan fingerprint density at radius 2 is 1.68 bits per heavy atom. The summed E-state index contributed by atoms with van der Waals surface area (Å²) in [6.07, 6.45) is 4.40. The number of carbonyl (C=O) groups excluding carboxylic acids is 1. The van der Waals surface area contributed by atoms with Crippen molar-refractivity contribution in [2.24, 2.45) is 0 Å². The predicted octanol–water partition coefficient (Wildman–Crippen LogP) is 2.09. The average molecular weight is 361 g/mol. The molecule has 134 valence electrons. The first kappa shape index (κ1) is 18.9. The first-order chi connectivity index (χ1) is 11.7. The van der Waals surface area contributed by atoms with Crippen molar-refractivity contribution in [2.45, 2.75) is 27.3 Å². The Balaban J connectivity index is 2.21. The molecule has 0 spiro atoms. The van der Waals surface area contributed by atoms with Gasteiger partial charge < -0.3 is 5.32 Å². The zero-order chi connectivity index (χ0) is 18.6. The Labute approximate surface area is 148 Å². The number of aryl methyl sites for hydroxylation is 3. The number of rotatable bonds is 6. The molecule has 2 rings (SSSR count). The first-order valence-corrected chi connectivity index (χ1v) is 9.74. The number of sulfonamides is 1. The van der Waals surface area contributed by atoms with Gasteiger partial charge in [0.05, 0.1) is 11.9 Å². The third-order valence-electron chi connectivity index (χ3n) is 3.81. The highest BCUT2D eigenvalue weighted by molar-refractivity contribution is 7.92. The van der Waals surface area contributed by atoms with Crippen LogP contribution in [-0.4, -0.2) is 32.1 Å². The summed E-state index contributed by atoms with van der Waals surface area (Å²) >= 11 is 0. The predicted molar refractivity (Wildman–Crippen MR) is 98.9 cm³/mol. The molecule has 0 fully saturated rings. The summed E-state index contributed by atoms with van der Waals surface area (Å²) in [5.74, 6) is -0.360. The Kier molecular flexibility index (Phi) is 5.79. The van der Waals surface area contributed by atoms with Crippen LogP contribution in [0.15, 0.2) is 36.7 Å². The summed E-state index contributed by atoms with van der Waals surface area (Å²) in [7, 11) is -3.59.